The summed E-state index contributed by atoms with van der Waals surface area (Å²) in [4.78, 5) is 12.8. The Morgan fingerprint density at radius 3 is 2.96 bits per heavy atom. The second kappa shape index (κ2) is 10.3. The summed E-state index contributed by atoms with van der Waals surface area (Å²) in [5, 5.41) is 6.82. The fraction of sp³-hybridized carbons (Fsp3) is 0.684. The Kier molecular flexibility index (Phi) is 8.09. The SMILES string of the molecule is CN=C(NCCCCN(C)C(C)C)NC1CCN(c2ncccc2F)C1. The third kappa shape index (κ3) is 6.12. The summed E-state index contributed by atoms with van der Waals surface area (Å²) in [6, 6.07) is 3.91. The average molecular weight is 365 g/mol. The third-order valence-corrected chi connectivity index (χ3v) is 4.90. The summed E-state index contributed by atoms with van der Waals surface area (Å²) in [5.41, 5.74) is 0. The molecule has 1 saturated heterocycles. The molecular formula is C19H33FN6. The Hall–Kier alpha value is -1.89. The zero-order chi connectivity index (χ0) is 18.9. The summed E-state index contributed by atoms with van der Waals surface area (Å²) in [6.45, 7) is 7.96. The van der Waals surface area contributed by atoms with Crippen LogP contribution in [0.15, 0.2) is 23.3 Å². The van der Waals surface area contributed by atoms with Gasteiger partial charge in [-0.1, -0.05) is 0 Å². The van der Waals surface area contributed by atoms with E-state index in [1.54, 1.807) is 19.3 Å². The molecule has 1 aliphatic heterocycles. The number of halogens is 1. The largest absolute Gasteiger partial charge is 0.356 e. The van der Waals surface area contributed by atoms with Crippen LogP contribution in [0.4, 0.5) is 10.2 Å². The highest BCUT2D eigenvalue weighted by Crippen LogP contribution is 2.20. The molecule has 1 atom stereocenters. The van der Waals surface area contributed by atoms with E-state index in [0.717, 1.165) is 51.4 Å². The summed E-state index contributed by atoms with van der Waals surface area (Å²) in [7, 11) is 3.95. The van der Waals surface area contributed by atoms with Gasteiger partial charge in [0.1, 0.15) is 0 Å². The van der Waals surface area contributed by atoms with Crippen molar-refractivity contribution >= 4 is 11.8 Å². The fourth-order valence-electron chi connectivity index (χ4n) is 3.02. The van der Waals surface area contributed by atoms with E-state index >= 15 is 0 Å². The highest BCUT2D eigenvalue weighted by atomic mass is 19.1. The standard InChI is InChI=1S/C19H33FN6/c1-15(2)25(4)12-6-5-10-23-19(21-3)24-16-9-13-26(14-16)18-17(20)8-7-11-22-18/h7-8,11,15-16H,5-6,9-10,12-14H2,1-4H3,(H2,21,23,24). The first-order valence-electron chi connectivity index (χ1n) is 9.54. The van der Waals surface area contributed by atoms with Crippen LogP contribution in [0.25, 0.3) is 0 Å². The number of nitrogens with one attached hydrogen (secondary N) is 2. The maximum Gasteiger partial charge on any atom is 0.191 e. The van der Waals surface area contributed by atoms with E-state index in [1.807, 2.05) is 4.90 Å². The van der Waals surface area contributed by atoms with Crippen molar-refractivity contribution < 1.29 is 4.39 Å². The topological polar surface area (TPSA) is 55.8 Å². The molecule has 2 heterocycles. The second-order valence-corrected chi connectivity index (χ2v) is 7.17. The van der Waals surface area contributed by atoms with Crippen molar-refractivity contribution in [1.29, 1.82) is 0 Å². The lowest BCUT2D eigenvalue weighted by Gasteiger charge is -2.21. The van der Waals surface area contributed by atoms with Gasteiger partial charge in [0.25, 0.3) is 0 Å². The van der Waals surface area contributed by atoms with Gasteiger partial charge >= 0.3 is 0 Å². The minimum Gasteiger partial charge on any atom is -0.356 e. The average Bonchev–Trinajstić information content (AvgIpc) is 3.08. The van der Waals surface area contributed by atoms with Gasteiger partial charge in [-0.15, -0.1) is 0 Å². The molecule has 146 valence electrons. The third-order valence-electron chi connectivity index (χ3n) is 4.90. The minimum atomic E-state index is -0.262. The molecule has 0 radical (unpaired) electrons. The highest BCUT2D eigenvalue weighted by molar-refractivity contribution is 5.80. The van der Waals surface area contributed by atoms with Gasteiger partial charge in [0.05, 0.1) is 0 Å². The van der Waals surface area contributed by atoms with Gasteiger partial charge in [0.2, 0.25) is 0 Å². The number of unbranched alkanes of at least 4 members (excludes halogenated alkanes) is 1. The smallest absolute Gasteiger partial charge is 0.191 e. The quantitative estimate of drug-likeness (QED) is 0.420. The molecule has 2 rings (SSSR count). The van der Waals surface area contributed by atoms with Gasteiger partial charge in [-0.3, -0.25) is 4.99 Å². The Bertz CT molecular complexity index is 577. The molecule has 0 spiro atoms. The lowest BCUT2D eigenvalue weighted by atomic mass is 10.2. The number of anilines is 1. The Morgan fingerprint density at radius 2 is 2.27 bits per heavy atom. The maximum atomic E-state index is 13.9. The van der Waals surface area contributed by atoms with Crippen LogP contribution < -0.4 is 15.5 Å². The fourth-order valence-corrected chi connectivity index (χ4v) is 3.02. The zero-order valence-corrected chi connectivity index (χ0v) is 16.5. The number of aromatic nitrogens is 1. The summed E-state index contributed by atoms with van der Waals surface area (Å²) < 4.78 is 13.9. The first-order valence-corrected chi connectivity index (χ1v) is 9.54. The molecule has 0 bridgehead atoms. The number of nitrogens with zero attached hydrogens (tertiary/aromatic N) is 4. The molecule has 0 aliphatic carbocycles. The van der Waals surface area contributed by atoms with Crippen LogP contribution in [-0.4, -0.2) is 68.2 Å². The van der Waals surface area contributed by atoms with Crippen LogP contribution in [0.5, 0.6) is 0 Å². The van der Waals surface area contributed by atoms with Crippen molar-refractivity contribution in [2.24, 2.45) is 4.99 Å². The molecule has 26 heavy (non-hydrogen) atoms. The summed E-state index contributed by atoms with van der Waals surface area (Å²) in [6.07, 6.45) is 4.84. The molecule has 0 saturated carbocycles. The monoisotopic (exact) mass is 364 g/mol. The Morgan fingerprint density at radius 1 is 1.46 bits per heavy atom. The lowest BCUT2D eigenvalue weighted by molar-refractivity contribution is 0.268. The molecule has 1 unspecified atom stereocenters. The van der Waals surface area contributed by atoms with Crippen LogP contribution in [0.1, 0.15) is 33.1 Å². The summed E-state index contributed by atoms with van der Waals surface area (Å²) >= 11 is 0. The number of pyridine rings is 1. The van der Waals surface area contributed by atoms with Crippen molar-refractivity contribution in [3.8, 4) is 0 Å². The van der Waals surface area contributed by atoms with Crippen LogP contribution >= 0.6 is 0 Å². The first-order chi connectivity index (χ1) is 12.5. The van der Waals surface area contributed by atoms with Gasteiger partial charge in [-0.05, 0) is 58.8 Å². The van der Waals surface area contributed by atoms with Crippen molar-refractivity contribution in [2.75, 3.05) is 45.2 Å². The van der Waals surface area contributed by atoms with E-state index < -0.39 is 0 Å². The predicted molar refractivity (Wildman–Crippen MR) is 106 cm³/mol. The van der Waals surface area contributed by atoms with Crippen LogP contribution in [0.2, 0.25) is 0 Å². The van der Waals surface area contributed by atoms with Gasteiger partial charge in [-0.2, -0.15) is 0 Å². The van der Waals surface area contributed by atoms with Gasteiger partial charge < -0.3 is 20.4 Å². The number of hydrogen-bond donors (Lipinski definition) is 2. The van der Waals surface area contributed by atoms with Crippen molar-refractivity contribution in [3.05, 3.63) is 24.1 Å². The molecule has 6 nitrogen and oxygen atoms in total. The maximum absolute atomic E-state index is 13.9. The van der Waals surface area contributed by atoms with E-state index in [0.29, 0.717) is 11.9 Å². The van der Waals surface area contributed by atoms with Crippen molar-refractivity contribution in [2.45, 2.75) is 45.2 Å². The number of hydrogen-bond acceptors (Lipinski definition) is 4. The van der Waals surface area contributed by atoms with Crippen molar-refractivity contribution in [3.63, 3.8) is 0 Å². The lowest BCUT2D eigenvalue weighted by Crippen LogP contribution is -2.45. The molecule has 1 aromatic rings. The number of guanidine groups is 1. The Balaban J connectivity index is 1.70. The second-order valence-electron chi connectivity index (χ2n) is 7.17. The molecule has 2 N–H and O–H groups in total. The molecular weight excluding hydrogens is 331 g/mol. The molecule has 1 aliphatic rings. The molecule has 7 heteroatoms. The van der Waals surface area contributed by atoms with E-state index in [-0.39, 0.29) is 11.9 Å². The van der Waals surface area contributed by atoms with Crippen LogP contribution in [0, 0.1) is 5.82 Å². The van der Waals surface area contributed by atoms with Gasteiger partial charge in [0.15, 0.2) is 17.6 Å². The molecule has 1 fully saturated rings. The van der Waals surface area contributed by atoms with Gasteiger partial charge in [-0.25, -0.2) is 9.37 Å². The Labute approximate surface area is 156 Å². The molecule has 0 amide bonds. The molecule has 0 aromatic carbocycles. The first kappa shape index (κ1) is 20.4. The number of aliphatic imine (C=N–C) groups is 1. The van der Waals surface area contributed by atoms with E-state index in [9.17, 15) is 4.39 Å². The van der Waals surface area contributed by atoms with E-state index in [4.69, 9.17) is 0 Å². The number of rotatable bonds is 8. The van der Waals surface area contributed by atoms with Crippen LogP contribution in [-0.2, 0) is 0 Å². The van der Waals surface area contributed by atoms with E-state index in [2.05, 4.69) is 46.4 Å². The summed E-state index contributed by atoms with van der Waals surface area (Å²) in [5.74, 6) is 0.992. The zero-order valence-electron chi connectivity index (χ0n) is 16.5. The predicted octanol–water partition coefficient (Wildman–Crippen LogP) is 2.08. The highest BCUT2D eigenvalue weighted by Gasteiger charge is 2.25. The minimum absolute atomic E-state index is 0.245. The molecule has 1 aromatic heterocycles. The van der Waals surface area contributed by atoms with Gasteiger partial charge in [0, 0.05) is 45.0 Å². The normalized spacial score (nSPS) is 18.0. The van der Waals surface area contributed by atoms with E-state index in [1.165, 1.54) is 6.07 Å². The van der Waals surface area contributed by atoms with Crippen molar-refractivity contribution in [1.82, 2.24) is 20.5 Å². The van der Waals surface area contributed by atoms with Crippen LogP contribution in [0.3, 0.4) is 0 Å².